The summed E-state index contributed by atoms with van der Waals surface area (Å²) in [6.07, 6.45) is 0. The summed E-state index contributed by atoms with van der Waals surface area (Å²) in [5.74, 6) is 0.114. The summed E-state index contributed by atoms with van der Waals surface area (Å²) < 4.78 is 37.7. The van der Waals surface area contributed by atoms with Gasteiger partial charge in [0.25, 0.3) is 5.91 Å². The largest absolute Gasteiger partial charge is 0.490 e. The normalized spacial score (nSPS) is 11.4. The Hall–Kier alpha value is -2.42. The molecule has 0 spiro atoms. The monoisotopic (exact) mass is 406 g/mol. The third-order valence-electron chi connectivity index (χ3n) is 3.63. The molecule has 0 bridgehead atoms. The van der Waals surface area contributed by atoms with Crippen molar-refractivity contribution in [3.8, 4) is 5.75 Å². The fraction of sp³-hybridized carbons (Fsp3) is 0.350. The number of nitrogens with one attached hydrogen (secondary N) is 2. The Morgan fingerprint density at radius 1 is 1.04 bits per heavy atom. The summed E-state index contributed by atoms with van der Waals surface area (Å²) in [4.78, 5) is 12.7. The minimum atomic E-state index is -3.57. The molecule has 0 unspecified atom stereocenters. The molecular formula is C20H26N2O5S. The van der Waals surface area contributed by atoms with Gasteiger partial charge in [0.05, 0.1) is 17.1 Å². The average Bonchev–Trinajstić information content (AvgIpc) is 2.65. The van der Waals surface area contributed by atoms with Gasteiger partial charge in [0.2, 0.25) is 10.0 Å². The van der Waals surface area contributed by atoms with Crippen LogP contribution in [0, 0.1) is 0 Å². The molecule has 152 valence electrons. The van der Waals surface area contributed by atoms with E-state index in [1.165, 1.54) is 12.1 Å². The van der Waals surface area contributed by atoms with Gasteiger partial charge in [0, 0.05) is 18.3 Å². The molecule has 2 N–H and O–H groups in total. The number of amides is 1. The fourth-order valence-electron chi connectivity index (χ4n) is 2.43. The Kier molecular flexibility index (Phi) is 7.98. The first kappa shape index (κ1) is 21.9. The molecule has 8 heteroatoms. The molecule has 0 aliphatic carbocycles. The highest BCUT2D eigenvalue weighted by Crippen LogP contribution is 2.21. The lowest BCUT2D eigenvalue weighted by Gasteiger charge is -2.12. The van der Waals surface area contributed by atoms with Crippen LogP contribution in [-0.4, -0.2) is 40.2 Å². The number of benzene rings is 2. The summed E-state index contributed by atoms with van der Waals surface area (Å²) in [6.45, 7) is 6.78. The topological polar surface area (TPSA) is 93.7 Å². The molecule has 2 aromatic carbocycles. The molecule has 0 saturated carbocycles. The second-order valence-corrected chi connectivity index (χ2v) is 8.01. The van der Waals surface area contributed by atoms with Crippen molar-refractivity contribution < 1.29 is 22.7 Å². The number of sulfonamides is 1. The molecule has 2 aromatic rings. The molecule has 28 heavy (non-hydrogen) atoms. The lowest BCUT2D eigenvalue weighted by atomic mass is 10.2. The SMILES string of the molecule is CCOCCOc1ccccc1C(=O)Nc1ccc(S(=O)(=O)NC(C)C)cc1. The van der Waals surface area contributed by atoms with Crippen LogP contribution in [0.25, 0.3) is 0 Å². The lowest BCUT2D eigenvalue weighted by Crippen LogP contribution is -2.30. The van der Waals surface area contributed by atoms with E-state index in [-0.39, 0.29) is 16.8 Å². The molecule has 0 aromatic heterocycles. The van der Waals surface area contributed by atoms with E-state index in [1.54, 1.807) is 50.2 Å². The van der Waals surface area contributed by atoms with Crippen LogP contribution in [0.4, 0.5) is 5.69 Å². The number of ether oxygens (including phenoxy) is 2. The number of anilines is 1. The van der Waals surface area contributed by atoms with Crippen LogP contribution in [-0.2, 0) is 14.8 Å². The zero-order valence-electron chi connectivity index (χ0n) is 16.3. The lowest BCUT2D eigenvalue weighted by molar-refractivity contribution is 0.0998. The number of hydrogen-bond donors (Lipinski definition) is 2. The molecule has 0 aliphatic heterocycles. The Morgan fingerprint density at radius 2 is 1.71 bits per heavy atom. The van der Waals surface area contributed by atoms with Crippen molar-refractivity contribution in [1.82, 2.24) is 4.72 Å². The first-order valence-electron chi connectivity index (χ1n) is 9.07. The van der Waals surface area contributed by atoms with Crippen LogP contribution in [0.1, 0.15) is 31.1 Å². The van der Waals surface area contributed by atoms with Gasteiger partial charge in [-0.3, -0.25) is 4.79 Å². The van der Waals surface area contributed by atoms with E-state index < -0.39 is 10.0 Å². The van der Waals surface area contributed by atoms with Crippen LogP contribution in [0.3, 0.4) is 0 Å². The summed E-state index contributed by atoms with van der Waals surface area (Å²) in [5.41, 5.74) is 0.870. The first-order chi connectivity index (χ1) is 13.3. The predicted molar refractivity (Wildman–Crippen MR) is 108 cm³/mol. The van der Waals surface area contributed by atoms with Crippen molar-refractivity contribution in [2.75, 3.05) is 25.1 Å². The van der Waals surface area contributed by atoms with Crippen molar-refractivity contribution >= 4 is 21.6 Å². The van der Waals surface area contributed by atoms with Crippen molar-refractivity contribution in [2.45, 2.75) is 31.7 Å². The molecule has 0 fully saturated rings. The van der Waals surface area contributed by atoms with Crippen molar-refractivity contribution in [3.05, 3.63) is 54.1 Å². The molecule has 7 nitrogen and oxygen atoms in total. The third-order valence-corrected chi connectivity index (χ3v) is 5.31. The fourth-order valence-corrected chi connectivity index (χ4v) is 3.68. The highest BCUT2D eigenvalue weighted by molar-refractivity contribution is 7.89. The zero-order valence-corrected chi connectivity index (χ0v) is 17.1. The maximum absolute atomic E-state index is 12.6. The van der Waals surface area contributed by atoms with Crippen LogP contribution >= 0.6 is 0 Å². The highest BCUT2D eigenvalue weighted by Gasteiger charge is 2.16. The molecule has 0 atom stereocenters. The summed E-state index contributed by atoms with van der Waals surface area (Å²) in [5, 5.41) is 2.75. The van der Waals surface area contributed by atoms with Crippen molar-refractivity contribution in [1.29, 1.82) is 0 Å². The summed E-state index contributed by atoms with van der Waals surface area (Å²) >= 11 is 0. The van der Waals surface area contributed by atoms with E-state index in [2.05, 4.69) is 10.0 Å². The van der Waals surface area contributed by atoms with Crippen LogP contribution in [0.2, 0.25) is 0 Å². The maximum atomic E-state index is 12.6. The Labute approximate surface area is 166 Å². The summed E-state index contributed by atoms with van der Waals surface area (Å²) in [7, 11) is -3.57. The van der Waals surface area contributed by atoms with Crippen LogP contribution < -0.4 is 14.8 Å². The maximum Gasteiger partial charge on any atom is 0.259 e. The van der Waals surface area contributed by atoms with Gasteiger partial charge in [-0.1, -0.05) is 12.1 Å². The van der Waals surface area contributed by atoms with Gasteiger partial charge in [-0.25, -0.2) is 13.1 Å². The third kappa shape index (κ3) is 6.33. The zero-order chi connectivity index (χ0) is 20.6. The van der Waals surface area contributed by atoms with Gasteiger partial charge in [-0.15, -0.1) is 0 Å². The highest BCUT2D eigenvalue weighted by atomic mass is 32.2. The van der Waals surface area contributed by atoms with Gasteiger partial charge in [0.1, 0.15) is 12.4 Å². The van der Waals surface area contributed by atoms with Gasteiger partial charge >= 0.3 is 0 Å². The van der Waals surface area contributed by atoms with Crippen molar-refractivity contribution in [2.24, 2.45) is 0 Å². The average molecular weight is 407 g/mol. The van der Waals surface area contributed by atoms with Crippen LogP contribution in [0.5, 0.6) is 5.75 Å². The van der Waals surface area contributed by atoms with E-state index in [4.69, 9.17) is 9.47 Å². The number of para-hydroxylation sites is 1. The molecule has 1 amide bonds. The number of rotatable bonds is 10. The number of hydrogen-bond acceptors (Lipinski definition) is 5. The number of carbonyl (C=O) groups excluding carboxylic acids is 1. The quantitative estimate of drug-likeness (QED) is 0.592. The summed E-state index contributed by atoms with van der Waals surface area (Å²) in [6, 6.07) is 12.7. The molecule has 0 heterocycles. The van der Waals surface area contributed by atoms with E-state index in [9.17, 15) is 13.2 Å². The second-order valence-electron chi connectivity index (χ2n) is 6.30. The van der Waals surface area contributed by atoms with Crippen molar-refractivity contribution in [3.63, 3.8) is 0 Å². The van der Waals surface area contributed by atoms with Gasteiger partial charge < -0.3 is 14.8 Å². The van der Waals surface area contributed by atoms with E-state index in [0.717, 1.165) is 0 Å². The minimum Gasteiger partial charge on any atom is -0.490 e. The molecule has 0 radical (unpaired) electrons. The van der Waals surface area contributed by atoms with E-state index in [0.29, 0.717) is 36.8 Å². The Morgan fingerprint density at radius 3 is 2.36 bits per heavy atom. The predicted octanol–water partition coefficient (Wildman–Crippen LogP) is 3.04. The van der Waals surface area contributed by atoms with Gasteiger partial charge in [-0.05, 0) is 57.2 Å². The second kappa shape index (κ2) is 10.2. The van der Waals surface area contributed by atoms with E-state index in [1.807, 2.05) is 6.92 Å². The first-order valence-corrected chi connectivity index (χ1v) is 10.5. The van der Waals surface area contributed by atoms with Gasteiger partial charge in [0.15, 0.2) is 0 Å². The Balaban J connectivity index is 2.07. The van der Waals surface area contributed by atoms with Gasteiger partial charge in [-0.2, -0.15) is 0 Å². The molecule has 2 rings (SSSR count). The minimum absolute atomic E-state index is 0.138. The van der Waals surface area contributed by atoms with E-state index >= 15 is 0 Å². The Bertz CT molecular complexity index is 880. The molecule has 0 saturated heterocycles. The standard InChI is InChI=1S/C20H26N2O5S/c1-4-26-13-14-27-19-8-6-5-7-18(19)20(23)21-16-9-11-17(12-10-16)28(24,25)22-15(2)3/h5-12,15,22H,4,13-14H2,1-3H3,(H,21,23). The smallest absolute Gasteiger partial charge is 0.259 e. The molecule has 0 aliphatic rings. The van der Waals surface area contributed by atoms with Crippen LogP contribution in [0.15, 0.2) is 53.4 Å². The molecular weight excluding hydrogens is 380 g/mol. The number of carbonyl (C=O) groups is 1.